The van der Waals surface area contributed by atoms with E-state index in [4.69, 9.17) is 0 Å². The first kappa shape index (κ1) is 12.2. The zero-order chi connectivity index (χ0) is 12.0. The average Bonchev–Trinajstić information content (AvgIpc) is 2.27. The molecule has 5 heteroatoms. The van der Waals surface area contributed by atoms with Gasteiger partial charge in [-0.05, 0) is 23.8 Å². The minimum atomic E-state index is -2.83. The summed E-state index contributed by atoms with van der Waals surface area (Å²) in [7, 11) is 0. The molecule has 86 valence electrons. The monoisotopic (exact) mass is 227 g/mol. The van der Waals surface area contributed by atoms with Crippen LogP contribution in [0.5, 0.6) is 5.75 Å². The van der Waals surface area contributed by atoms with Crippen molar-refractivity contribution in [2.24, 2.45) is 0 Å². The summed E-state index contributed by atoms with van der Waals surface area (Å²) in [6.07, 6.45) is 1.16. The van der Waals surface area contributed by atoms with E-state index in [0.717, 1.165) is 11.6 Å². The maximum absolute atomic E-state index is 11.8. The van der Waals surface area contributed by atoms with Gasteiger partial charge in [-0.15, -0.1) is 0 Å². The molecule has 0 aliphatic rings. The van der Waals surface area contributed by atoms with E-state index >= 15 is 0 Å². The fraction of sp³-hybridized carbons (Fsp3) is 0.182. The fourth-order valence-corrected chi connectivity index (χ4v) is 1.05. The van der Waals surface area contributed by atoms with E-state index in [-0.39, 0.29) is 11.7 Å². The molecule has 0 unspecified atom stereocenters. The molecule has 1 amide bonds. The first-order valence-electron chi connectivity index (χ1n) is 4.56. The molecule has 3 nitrogen and oxygen atoms in total. The van der Waals surface area contributed by atoms with Gasteiger partial charge >= 0.3 is 6.61 Å². The van der Waals surface area contributed by atoms with Crippen molar-refractivity contribution in [2.45, 2.75) is 13.2 Å². The number of benzene rings is 1. The number of carbonyl (C=O) groups excluding carboxylic acids is 1. The molecule has 16 heavy (non-hydrogen) atoms. The van der Waals surface area contributed by atoms with Gasteiger partial charge in [-0.25, -0.2) is 0 Å². The number of amides is 1. The number of hydrogen-bond acceptors (Lipinski definition) is 2. The van der Waals surface area contributed by atoms with Crippen molar-refractivity contribution in [1.29, 1.82) is 0 Å². The van der Waals surface area contributed by atoms with Crippen LogP contribution in [0.25, 0.3) is 0 Å². The smallest absolute Gasteiger partial charge is 0.387 e. The van der Waals surface area contributed by atoms with Crippen molar-refractivity contribution >= 4 is 5.91 Å². The van der Waals surface area contributed by atoms with E-state index < -0.39 is 6.61 Å². The molecule has 0 atom stereocenters. The summed E-state index contributed by atoms with van der Waals surface area (Å²) in [6.45, 7) is 0.796. The summed E-state index contributed by atoms with van der Waals surface area (Å²) in [5, 5.41) is 2.56. The predicted octanol–water partition coefficient (Wildman–Crippen LogP) is 2.09. The summed E-state index contributed by atoms with van der Waals surface area (Å²) in [5.41, 5.74) is 0.789. The lowest BCUT2D eigenvalue weighted by Gasteiger charge is -2.06. The molecule has 1 aromatic carbocycles. The molecular formula is C11H11F2NO2. The van der Waals surface area contributed by atoms with Crippen LogP contribution in [-0.2, 0) is 11.3 Å². The highest BCUT2D eigenvalue weighted by atomic mass is 19.3. The lowest BCUT2D eigenvalue weighted by atomic mass is 10.2. The van der Waals surface area contributed by atoms with Gasteiger partial charge in [0.25, 0.3) is 0 Å². The Balaban J connectivity index is 2.51. The van der Waals surface area contributed by atoms with Crippen LogP contribution in [0, 0.1) is 0 Å². The molecule has 0 fully saturated rings. The number of halogens is 2. The minimum Gasteiger partial charge on any atom is -0.435 e. The van der Waals surface area contributed by atoms with Gasteiger partial charge in [0.15, 0.2) is 0 Å². The topological polar surface area (TPSA) is 38.3 Å². The van der Waals surface area contributed by atoms with Crippen molar-refractivity contribution in [2.75, 3.05) is 0 Å². The summed E-state index contributed by atoms with van der Waals surface area (Å²) in [5.74, 6) is -0.193. The molecule has 1 N–H and O–H groups in total. The number of rotatable bonds is 5. The number of carbonyl (C=O) groups is 1. The van der Waals surface area contributed by atoms with Crippen LogP contribution in [0.3, 0.4) is 0 Å². The quantitative estimate of drug-likeness (QED) is 0.782. The summed E-state index contributed by atoms with van der Waals surface area (Å²) in [4.78, 5) is 10.8. The molecule has 0 aliphatic carbocycles. The highest BCUT2D eigenvalue weighted by molar-refractivity contribution is 5.86. The molecule has 0 radical (unpaired) electrons. The number of nitrogens with one attached hydrogen (secondary N) is 1. The minimum absolute atomic E-state index is 0.0915. The fourth-order valence-electron chi connectivity index (χ4n) is 1.05. The maximum Gasteiger partial charge on any atom is 0.387 e. The molecule has 0 bridgehead atoms. The third-order valence-corrected chi connectivity index (χ3v) is 1.80. The van der Waals surface area contributed by atoms with Crippen molar-refractivity contribution < 1.29 is 18.3 Å². The molecular weight excluding hydrogens is 216 g/mol. The molecule has 1 rings (SSSR count). The second-order valence-electron chi connectivity index (χ2n) is 2.94. The Labute approximate surface area is 91.7 Å². The van der Waals surface area contributed by atoms with Gasteiger partial charge in [0, 0.05) is 6.54 Å². The summed E-state index contributed by atoms with van der Waals surface area (Å²) >= 11 is 0. The van der Waals surface area contributed by atoms with E-state index in [1.165, 1.54) is 12.1 Å². The van der Waals surface area contributed by atoms with E-state index in [1.54, 1.807) is 12.1 Å². The Bertz CT molecular complexity index is 363. The van der Waals surface area contributed by atoms with Crippen LogP contribution in [0.2, 0.25) is 0 Å². The van der Waals surface area contributed by atoms with Crippen molar-refractivity contribution in [3.05, 3.63) is 42.5 Å². The number of ether oxygens (including phenoxy) is 1. The number of alkyl halides is 2. The van der Waals surface area contributed by atoms with Gasteiger partial charge in [-0.1, -0.05) is 18.7 Å². The Morgan fingerprint density at radius 2 is 2.06 bits per heavy atom. The summed E-state index contributed by atoms with van der Waals surface area (Å²) in [6, 6.07) is 6.03. The Morgan fingerprint density at radius 3 is 2.56 bits per heavy atom. The van der Waals surface area contributed by atoms with Gasteiger partial charge in [0.05, 0.1) is 0 Å². The van der Waals surface area contributed by atoms with E-state index in [2.05, 4.69) is 16.6 Å². The van der Waals surface area contributed by atoms with E-state index in [9.17, 15) is 13.6 Å². The van der Waals surface area contributed by atoms with Crippen LogP contribution >= 0.6 is 0 Å². The van der Waals surface area contributed by atoms with Crippen LogP contribution in [0.15, 0.2) is 36.9 Å². The van der Waals surface area contributed by atoms with Crippen LogP contribution in [0.4, 0.5) is 8.78 Å². The Kier molecular flexibility index (Phi) is 4.44. The first-order chi connectivity index (χ1) is 7.61. The van der Waals surface area contributed by atoms with Gasteiger partial charge in [0.1, 0.15) is 5.75 Å². The molecule has 0 spiro atoms. The molecule has 0 aromatic heterocycles. The maximum atomic E-state index is 11.8. The van der Waals surface area contributed by atoms with E-state index in [0.29, 0.717) is 6.54 Å². The molecule has 1 aromatic rings. The third-order valence-electron chi connectivity index (χ3n) is 1.80. The standard InChI is InChI=1S/C11H11F2NO2/c1-2-10(15)14-7-8-3-5-9(6-4-8)16-11(12)13/h2-6,11H,1,7H2,(H,14,15). The highest BCUT2D eigenvalue weighted by Gasteiger charge is 2.03. The Morgan fingerprint density at radius 1 is 1.44 bits per heavy atom. The predicted molar refractivity (Wildman–Crippen MR) is 55.1 cm³/mol. The summed E-state index contributed by atoms with van der Waals surface area (Å²) < 4.78 is 27.8. The Hall–Kier alpha value is -1.91. The lowest BCUT2D eigenvalue weighted by molar-refractivity contribution is -0.116. The lowest BCUT2D eigenvalue weighted by Crippen LogP contribution is -2.19. The average molecular weight is 227 g/mol. The zero-order valence-electron chi connectivity index (χ0n) is 8.45. The van der Waals surface area contributed by atoms with Gasteiger partial charge in [-0.3, -0.25) is 4.79 Å². The molecule has 0 heterocycles. The largest absolute Gasteiger partial charge is 0.435 e. The normalized spacial score (nSPS) is 9.94. The van der Waals surface area contributed by atoms with Crippen molar-refractivity contribution in [3.8, 4) is 5.75 Å². The van der Waals surface area contributed by atoms with E-state index in [1.807, 2.05) is 0 Å². The van der Waals surface area contributed by atoms with Crippen LogP contribution in [-0.4, -0.2) is 12.5 Å². The van der Waals surface area contributed by atoms with Crippen LogP contribution in [0.1, 0.15) is 5.56 Å². The van der Waals surface area contributed by atoms with Crippen LogP contribution < -0.4 is 10.1 Å². The highest BCUT2D eigenvalue weighted by Crippen LogP contribution is 2.14. The zero-order valence-corrected chi connectivity index (χ0v) is 8.45. The van der Waals surface area contributed by atoms with Gasteiger partial charge < -0.3 is 10.1 Å². The second-order valence-corrected chi connectivity index (χ2v) is 2.94. The molecule has 0 saturated carbocycles. The van der Waals surface area contributed by atoms with Gasteiger partial charge in [-0.2, -0.15) is 8.78 Å². The molecule has 0 aliphatic heterocycles. The number of hydrogen-bond donors (Lipinski definition) is 1. The van der Waals surface area contributed by atoms with Crippen molar-refractivity contribution in [3.63, 3.8) is 0 Å². The third kappa shape index (κ3) is 4.08. The second kappa shape index (κ2) is 5.85. The van der Waals surface area contributed by atoms with Crippen molar-refractivity contribution in [1.82, 2.24) is 5.32 Å². The molecule has 0 saturated heterocycles. The first-order valence-corrected chi connectivity index (χ1v) is 4.56. The SMILES string of the molecule is C=CC(=O)NCc1ccc(OC(F)F)cc1. The van der Waals surface area contributed by atoms with Gasteiger partial charge in [0.2, 0.25) is 5.91 Å².